The van der Waals surface area contributed by atoms with Gasteiger partial charge in [0.25, 0.3) is 0 Å². The lowest BCUT2D eigenvalue weighted by molar-refractivity contribution is 0.0242. The monoisotopic (exact) mass is 426 g/mol. The fourth-order valence-electron chi connectivity index (χ4n) is 4.46. The van der Waals surface area contributed by atoms with Gasteiger partial charge >= 0.3 is 0 Å². The van der Waals surface area contributed by atoms with Gasteiger partial charge in [0.1, 0.15) is 0 Å². The summed E-state index contributed by atoms with van der Waals surface area (Å²) < 4.78 is 2.08. The molecule has 0 radical (unpaired) electrons. The Morgan fingerprint density at radius 1 is 1.27 bits per heavy atom. The molecule has 0 spiro atoms. The summed E-state index contributed by atoms with van der Waals surface area (Å²) in [6, 6.07) is 4.68. The van der Waals surface area contributed by atoms with Crippen LogP contribution in [-0.4, -0.2) is 43.0 Å². The van der Waals surface area contributed by atoms with Crippen molar-refractivity contribution < 1.29 is 5.11 Å². The minimum absolute atomic E-state index is 0.194. The zero-order valence-electron chi connectivity index (χ0n) is 17.6. The Balaban J connectivity index is 1.44. The molecule has 1 aromatic carbocycles. The first-order valence-corrected chi connectivity index (χ1v) is 10.9. The van der Waals surface area contributed by atoms with Gasteiger partial charge in [-0.05, 0) is 58.6 Å². The zero-order valence-corrected chi connectivity index (χ0v) is 18.3. The topological polar surface area (TPSA) is 79.1 Å². The van der Waals surface area contributed by atoms with E-state index in [1.54, 1.807) is 6.20 Å². The summed E-state index contributed by atoms with van der Waals surface area (Å²) in [5.41, 5.74) is 3.20. The second-order valence-corrected chi connectivity index (χ2v) is 9.40. The van der Waals surface area contributed by atoms with E-state index in [9.17, 15) is 5.11 Å². The molecule has 30 heavy (non-hydrogen) atoms. The Morgan fingerprint density at radius 3 is 2.80 bits per heavy atom. The fraction of sp³-hybridized carbons (Fsp3) is 0.500. The van der Waals surface area contributed by atoms with Gasteiger partial charge in [-0.1, -0.05) is 11.6 Å². The third-order valence-electron chi connectivity index (χ3n) is 6.30. The van der Waals surface area contributed by atoms with Gasteiger partial charge in [-0.25, -0.2) is 9.97 Å². The van der Waals surface area contributed by atoms with Gasteiger partial charge < -0.3 is 15.3 Å². The second kappa shape index (κ2) is 7.10. The molecule has 2 aromatic heterocycles. The van der Waals surface area contributed by atoms with E-state index in [-0.39, 0.29) is 6.04 Å². The largest absolute Gasteiger partial charge is 0.390 e. The van der Waals surface area contributed by atoms with Crippen LogP contribution in [-0.2, 0) is 0 Å². The van der Waals surface area contributed by atoms with Gasteiger partial charge in [0.2, 0.25) is 5.95 Å². The molecule has 8 heteroatoms. The molecule has 2 aliphatic rings. The maximum Gasteiger partial charge on any atom is 0.227 e. The SMILES string of the molecule is Cc1c(Nc2ncc3cc(Cl)c(N4CCC(C)(O)CC4C)cc3n2)cnn1C1CC1. The van der Waals surface area contributed by atoms with E-state index >= 15 is 0 Å². The Bertz CT molecular complexity index is 1110. The lowest BCUT2D eigenvalue weighted by Crippen LogP contribution is -2.48. The van der Waals surface area contributed by atoms with Crippen molar-refractivity contribution in [3.63, 3.8) is 0 Å². The van der Waals surface area contributed by atoms with Crippen LogP contribution in [0.5, 0.6) is 0 Å². The molecular weight excluding hydrogens is 400 g/mol. The lowest BCUT2D eigenvalue weighted by atomic mass is 9.88. The average Bonchev–Trinajstić information content (AvgIpc) is 3.46. The normalized spacial score (nSPS) is 24.4. The summed E-state index contributed by atoms with van der Waals surface area (Å²) in [4.78, 5) is 11.5. The number of rotatable bonds is 4. The highest BCUT2D eigenvalue weighted by Crippen LogP contribution is 2.38. The third-order valence-corrected chi connectivity index (χ3v) is 6.60. The molecule has 3 aromatic rings. The minimum atomic E-state index is -0.624. The number of aliphatic hydroxyl groups is 1. The molecule has 2 fully saturated rings. The summed E-state index contributed by atoms with van der Waals surface area (Å²) >= 11 is 6.62. The number of hydrogen-bond acceptors (Lipinski definition) is 6. The molecule has 0 bridgehead atoms. The van der Waals surface area contributed by atoms with Gasteiger partial charge in [0.05, 0.1) is 45.4 Å². The van der Waals surface area contributed by atoms with Crippen molar-refractivity contribution in [3.05, 3.63) is 35.2 Å². The van der Waals surface area contributed by atoms with Crippen LogP contribution in [0.1, 0.15) is 51.3 Å². The molecule has 2 unspecified atom stereocenters. The standard InChI is InChI=1S/C22H27ClN6O/c1-13-10-22(3,30)6-7-28(13)20-9-18-15(8-17(20)23)11-24-21(26-18)27-19-12-25-29(14(19)2)16-4-5-16/h8-9,11-13,16,30H,4-7,10H2,1-3H3,(H,24,26,27). The molecule has 2 N–H and O–H groups in total. The van der Waals surface area contributed by atoms with E-state index in [2.05, 4.69) is 38.8 Å². The van der Waals surface area contributed by atoms with Crippen LogP contribution in [0.15, 0.2) is 24.5 Å². The van der Waals surface area contributed by atoms with Gasteiger partial charge in [-0.15, -0.1) is 0 Å². The van der Waals surface area contributed by atoms with Crippen molar-refractivity contribution in [2.24, 2.45) is 0 Å². The van der Waals surface area contributed by atoms with Crippen LogP contribution in [0.3, 0.4) is 0 Å². The fourth-order valence-corrected chi connectivity index (χ4v) is 4.74. The average molecular weight is 427 g/mol. The molecule has 1 aliphatic heterocycles. The van der Waals surface area contributed by atoms with E-state index in [0.29, 0.717) is 29.9 Å². The lowest BCUT2D eigenvalue weighted by Gasteiger charge is -2.42. The van der Waals surface area contributed by atoms with Gasteiger partial charge in [0.15, 0.2) is 0 Å². The first kappa shape index (κ1) is 19.6. The van der Waals surface area contributed by atoms with Crippen LogP contribution in [0.25, 0.3) is 10.9 Å². The van der Waals surface area contributed by atoms with Crippen LogP contribution < -0.4 is 10.2 Å². The second-order valence-electron chi connectivity index (χ2n) is 8.99. The first-order chi connectivity index (χ1) is 14.3. The smallest absolute Gasteiger partial charge is 0.227 e. The summed E-state index contributed by atoms with van der Waals surface area (Å²) in [6.07, 6.45) is 7.46. The summed E-state index contributed by atoms with van der Waals surface area (Å²) in [6.45, 7) is 6.86. The van der Waals surface area contributed by atoms with Crippen molar-refractivity contribution in [3.8, 4) is 0 Å². The number of halogens is 1. The number of hydrogen-bond donors (Lipinski definition) is 2. The molecule has 158 valence electrons. The minimum Gasteiger partial charge on any atom is -0.390 e. The number of benzene rings is 1. The molecular formula is C22H27ClN6O. The predicted octanol–water partition coefficient (Wildman–Crippen LogP) is 4.61. The van der Waals surface area contributed by atoms with Crippen molar-refractivity contribution in [1.29, 1.82) is 0 Å². The molecule has 1 saturated heterocycles. The molecule has 5 rings (SSSR count). The van der Waals surface area contributed by atoms with Gasteiger partial charge in [-0.2, -0.15) is 5.10 Å². The third kappa shape index (κ3) is 3.61. The molecule has 3 heterocycles. The van der Waals surface area contributed by atoms with Crippen molar-refractivity contribution in [2.45, 2.75) is 64.1 Å². The van der Waals surface area contributed by atoms with Crippen LogP contribution in [0.4, 0.5) is 17.3 Å². The van der Waals surface area contributed by atoms with Crippen molar-refractivity contribution >= 4 is 39.8 Å². The van der Waals surface area contributed by atoms with E-state index in [4.69, 9.17) is 16.6 Å². The number of fused-ring (bicyclic) bond motifs is 1. The number of aromatic nitrogens is 4. The Hall–Kier alpha value is -2.38. The summed E-state index contributed by atoms with van der Waals surface area (Å²) in [5.74, 6) is 0.545. The summed E-state index contributed by atoms with van der Waals surface area (Å²) in [5, 5.41) is 19.8. The predicted molar refractivity (Wildman–Crippen MR) is 120 cm³/mol. The molecule has 0 amide bonds. The van der Waals surface area contributed by atoms with Crippen molar-refractivity contribution in [1.82, 2.24) is 19.7 Å². The van der Waals surface area contributed by atoms with Crippen LogP contribution in [0, 0.1) is 6.92 Å². The summed E-state index contributed by atoms with van der Waals surface area (Å²) in [7, 11) is 0. The number of nitrogens with zero attached hydrogens (tertiary/aromatic N) is 5. The number of nitrogens with one attached hydrogen (secondary N) is 1. The van der Waals surface area contributed by atoms with E-state index in [1.165, 1.54) is 12.8 Å². The highest BCUT2D eigenvalue weighted by atomic mass is 35.5. The Labute approximate surface area is 181 Å². The highest BCUT2D eigenvalue weighted by Gasteiger charge is 2.33. The zero-order chi connectivity index (χ0) is 21.0. The molecule has 1 aliphatic carbocycles. The van der Waals surface area contributed by atoms with Gasteiger partial charge in [0, 0.05) is 24.2 Å². The maximum atomic E-state index is 10.4. The quantitative estimate of drug-likeness (QED) is 0.634. The van der Waals surface area contributed by atoms with E-state index in [0.717, 1.165) is 34.5 Å². The number of anilines is 3. The van der Waals surface area contributed by atoms with Crippen LogP contribution >= 0.6 is 11.6 Å². The van der Waals surface area contributed by atoms with Gasteiger partial charge in [-0.3, -0.25) is 4.68 Å². The molecule has 1 saturated carbocycles. The van der Waals surface area contributed by atoms with E-state index in [1.807, 2.05) is 25.3 Å². The van der Waals surface area contributed by atoms with Crippen molar-refractivity contribution in [2.75, 3.05) is 16.8 Å². The first-order valence-electron chi connectivity index (χ1n) is 10.6. The molecule has 2 atom stereocenters. The Kier molecular flexibility index (Phi) is 4.63. The van der Waals surface area contributed by atoms with Crippen LogP contribution in [0.2, 0.25) is 5.02 Å². The van der Waals surface area contributed by atoms with E-state index < -0.39 is 5.60 Å². The molecule has 7 nitrogen and oxygen atoms in total. The highest BCUT2D eigenvalue weighted by molar-refractivity contribution is 6.34. The Morgan fingerprint density at radius 2 is 2.07 bits per heavy atom. The maximum absolute atomic E-state index is 10.4. The number of piperidine rings is 1.